The van der Waals surface area contributed by atoms with E-state index in [-0.39, 0.29) is 0 Å². The molecule has 0 bridgehead atoms. The second-order valence-electron chi connectivity index (χ2n) is 3.99. The average molecular weight is 291 g/mol. The van der Waals surface area contributed by atoms with E-state index in [4.69, 9.17) is 5.73 Å². The van der Waals surface area contributed by atoms with E-state index >= 15 is 0 Å². The smallest absolute Gasteiger partial charge is 0.0387 e. The Balaban J connectivity index is 2.22. The van der Waals surface area contributed by atoms with E-state index in [2.05, 4.69) is 40.3 Å². The van der Waals surface area contributed by atoms with E-state index < -0.39 is 0 Å². The highest BCUT2D eigenvalue weighted by atomic mass is 79.9. The normalized spacial score (nSPS) is 10.3. The van der Waals surface area contributed by atoms with Crippen LogP contribution < -0.4 is 11.1 Å². The molecule has 3 N–H and O–H groups in total. The lowest BCUT2D eigenvalue weighted by Crippen LogP contribution is -1.97. The summed E-state index contributed by atoms with van der Waals surface area (Å²) in [6.07, 6.45) is 0. The van der Waals surface area contributed by atoms with Gasteiger partial charge in [-0.2, -0.15) is 0 Å². The second kappa shape index (κ2) is 5.34. The van der Waals surface area contributed by atoms with Gasteiger partial charge >= 0.3 is 0 Å². The van der Waals surface area contributed by atoms with Gasteiger partial charge in [0.05, 0.1) is 0 Å². The summed E-state index contributed by atoms with van der Waals surface area (Å²) in [6, 6.07) is 14.3. The Kier molecular flexibility index (Phi) is 3.82. The molecule has 2 aromatic carbocycles. The summed E-state index contributed by atoms with van der Waals surface area (Å²) >= 11 is 3.49. The molecule has 0 spiro atoms. The molecule has 0 aliphatic heterocycles. The Labute approximate surface area is 110 Å². The molecule has 2 rings (SSSR count). The predicted molar refractivity (Wildman–Crippen MR) is 76.5 cm³/mol. The van der Waals surface area contributed by atoms with Crippen LogP contribution in [-0.4, -0.2) is 0 Å². The number of aryl methyl sites for hydroxylation is 1. The third-order valence-electron chi connectivity index (χ3n) is 2.61. The summed E-state index contributed by atoms with van der Waals surface area (Å²) in [5.74, 6) is 0. The van der Waals surface area contributed by atoms with Gasteiger partial charge in [-0.1, -0.05) is 28.1 Å². The summed E-state index contributed by atoms with van der Waals surface area (Å²) in [5.41, 5.74) is 10.1. The zero-order chi connectivity index (χ0) is 12.3. The summed E-state index contributed by atoms with van der Waals surface area (Å²) < 4.78 is 1.12. The number of rotatable bonds is 3. The summed E-state index contributed by atoms with van der Waals surface area (Å²) in [5, 5.41) is 3.37. The van der Waals surface area contributed by atoms with Crippen LogP contribution in [0.25, 0.3) is 0 Å². The summed E-state index contributed by atoms with van der Waals surface area (Å²) in [7, 11) is 0. The number of hydrogen-bond donors (Lipinski definition) is 2. The standard InChI is InChI=1S/C14H15BrN2/c1-10-7-13(5-6-14(10)15)17-12-4-2-3-11(8-12)9-16/h2-8,17H,9,16H2,1H3. The molecule has 0 saturated heterocycles. The minimum Gasteiger partial charge on any atom is -0.356 e. The van der Waals surface area contributed by atoms with Crippen LogP contribution in [0, 0.1) is 6.92 Å². The molecule has 88 valence electrons. The van der Waals surface area contributed by atoms with Gasteiger partial charge < -0.3 is 11.1 Å². The first-order valence-corrected chi connectivity index (χ1v) is 6.30. The van der Waals surface area contributed by atoms with Gasteiger partial charge in [-0.3, -0.25) is 0 Å². The van der Waals surface area contributed by atoms with Crippen LogP contribution >= 0.6 is 15.9 Å². The van der Waals surface area contributed by atoms with Crippen LogP contribution in [0.2, 0.25) is 0 Å². The highest BCUT2D eigenvalue weighted by Gasteiger charge is 1.99. The molecule has 0 saturated carbocycles. The van der Waals surface area contributed by atoms with Crippen molar-refractivity contribution in [3.8, 4) is 0 Å². The van der Waals surface area contributed by atoms with Gasteiger partial charge in [0.25, 0.3) is 0 Å². The van der Waals surface area contributed by atoms with Crippen molar-refractivity contribution in [3.63, 3.8) is 0 Å². The zero-order valence-electron chi connectivity index (χ0n) is 9.70. The monoisotopic (exact) mass is 290 g/mol. The van der Waals surface area contributed by atoms with Gasteiger partial charge in [0.15, 0.2) is 0 Å². The lowest BCUT2D eigenvalue weighted by atomic mass is 10.2. The Bertz CT molecular complexity index is 523. The third kappa shape index (κ3) is 3.08. The average Bonchev–Trinajstić information content (AvgIpc) is 2.34. The van der Waals surface area contributed by atoms with E-state index in [1.165, 1.54) is 5.56 Å². The van der Waals surface area contributed by atoms with Crippen molar-refractivity contribution in [2.24, 2.45) is 5.73 Å². The number of hydrogen-bond acceptors (Lipinski definition) is 2. The largest absolute Gasteiger partial charge is 0.356 e. The Hall–Kier alpha value is -1.32. The van der Waals surface area contributed by atoms with E-state index in [1.807, 2.05) is 30.3 Å². The Morgan fingerprint density at radius 3 is 2.59 bits per heavy atom. The van der Waals surface area contributed by atoms with Crippen LogP contribution in [0.5, 0.6) is 0 Å². The number of benzene rings is 2. The Morgan fingerprint density at radius 2 is 1.88 bits per heavy atom. The first-order valence-electron chi connectivity index (χ1n) is 5.51. The van der Waals surface area contributed by atoms with Crippen molar-refractivity contribution < 1.29 is 0 Å². The summed E-state index contributed by atoms with van der Waals surface area (Å²) in [4.78, 5) is 0. The van der Waals surface area contributed by atoms with Gasteiger partial charge in [0.1, 0.15) is 0 Å². The van der Waals surface area contributed by atoms with Crippen molar-refractivity contribution in [2.45, 2.75) is 13.5 Å². The molecule has 2 nitrogen and oxygen atoms in total. The van der Waals surface area contributed by atoms with Crippen molar-refractivity contribution in [2.75, 3.05) is 5.32 Å². The van der Waals surface area contributed by atoms with Gasteiger partial charge in [0, 0.05) is 22.4 Å². The topological polar surface area (TPSA) is 38.0 Å². The molecule has 3 heteroatoms. The van der Waals surface area contributed by atoms with Crippen LogP contribution in [0.15, 0.2) is 46.9 Å². The van der Waals surface area contributed by atoms with Gasteiger partial charge in [-0.05, 0) is 48.4 Å². The fourth-order valence-electron chi connectivity index (χ4n) is 1.67. The quantitative estimate of drug-likeness (QED) is 0.898. The van der Waals surface area contributed by atoms with Gasteiger partial charge in [-0.25, -0.2) is 0 Å². The maximum atomic E-state index is 5.62. The van der Waals surface area contributed by atoms with Crippen LogP contribution in [0.3, 0.4) is 0 Å². The maximum absolute atomic E-state index is 5.62. The highest BCUT2D eigenvalue weighted by Crippen LogP contribution is 2.23. The molecular weight excluding hydrogens is 276 g/mol. The highest BCUT2D eigenvalue weighted by molar-refractivity contribution is 9.10. The predicted octanol–water partition coefficient (Wildman–Crippen LogP) is 3.96. The van der Waals surface area contributed by atoms with E-state index in [9.17, 15) is 0 Å². The molecular formula is C14H15BrN2. The first kappa shape index (κ1) is 12.1. The molecule has 0 aliphatic rings. The van der Waals surface area contributed by atoms with E-state index in [0.29, 0.717) is 6.54 Å². The fourth-order valence-corrected chi connectivity index (χ4v) is 1.91. The molecule has 0 unspecified atom stereocenters. The zero-order valence-corrected chi connectivity index (χ0v) is 11.3. The molecule has 0 fully saturated rings. The number of halogens is 1. The van der Waals surface area contributed by atoms with Crippen LogP contribution in [-0.2, 0) is 6.54 Å². The third-order valence-corrected chi connectivity index (χ3v) is 3.50. The molecule has 0 aliphatic carbocycles. The molecule has 2 aromatic rings. The maximum Gasteiger partial charge on any atom is 0.0387 e. The molecule has 0 aromatic heterocycles. The Morgan fingerprint density at radius 1 is 1.12 bits per heavy atom. The van der Waals surface area contributed by atoms with Crippen LogP contribution in [0.4, 0.5) is 11.4 Å². The minimum absolute atomic E-state index is 0.564. The molecule has 0 amide bonds. The van der Waals surface area contributed by atoms with Crippen molar-refractivity contribution in [1.29, 1.82) is 0 Å². The second-order valence-corrected chi connectivity index (χ2v) is 4.85. The lowest BCUT2D eigenvalue weighted by Gasteiger charge is -2.09. The van der Waals surface area contributed by atoms with Crippen LogP contribution in [0.1, 0.15) is 11.1 Å². The molecule has 0 atom stereocenters. The number of anilines is 2. The number of nitrogens with two attached hydrogens (primary N) is 1. The van der Waals surface area contributed by atoms with Crippen molar-refractivity contribution >= 4 is 27.3 Å². The molecule has 0 heterocycles. The van der Waals surface area contributed by atoms with E-state index in [1.54, 1.807) is 0 Å². The van der Waals surface area contributed by atoms with Gasteiger partial charge in [-0.15, -0.1) is 0 Å². The number of nitrogens with one attached hydrogen (secondary N) is 1. The van der Waals surface area contributed by atoms with E-state index in [0.717, 1.165) is 21.4 Å². The fraction of sp³-hybridized carbons (Fsp3) is 0.143. The summed E-state index contributed by atoms with van der Waals surface area (Å²) in [6.45, 7) is 2.64. The van der Waals surface area contributed by atoms with Crippen molar-refractivity contribution in [1.82, 2.24) is 0 Å². The first-order chi connectivity index (χ1) is 8.19. The lowest BCUT2D eigenvalue weighted by molar-refractivity contribution is 1.07. The minimum atomic E-state index is 0.564. The molecule has 17 heavy (non-hydrogen) atoms. The van der Waals surface area contributed by atoms with Crippen molar-refractivity contribution in [3.05, 3.63) is 58.1 Å². The van der Waals surface area contributed by atoms with Gasteiger partial charge in [0.2, 0.25) is 0 Å². The SMILES string of the molecule is Cc1cc(Nc2cccc(CN)c2)ccc1Br. The molecule has 0 radical (unpaired) electrons.